The van der Waals surface area contributed by atoms with Crippen LogP contribution in [0, 0.1) is 0 Å². The summed E-state index contributed by atoms with van der Waals surface area (Å²) in [6, 6.07) is 25.7. The highest BCUT2D eigenvalue weighted by Crippen LogP contribution is 2.47. The summed E-state index contributed by atoms with van der Waals surface area (Å²) in [4.78, 5) is 26.4. The lowest BCUT2D eigenvalue weighted by Crippen LogP contribution is -2.50. The van der Waals surface area contributed by atoms with Crippen molar-refractivity contribution in [2.75, 3.05) is 0 Å². The Balaban J connectivity index is 1.19. The minimum absolute atomic E-state index is 0.0327. The second-order valence-corrected chi connectivity index (χ2v) is 10.8. The van der Waals surface area contributed by atoms with Crippen molar-refractivity contribution in [3.8, 4) is 11.5 Å². The third kappa shape index (κ3) is 4.78. The molecule has 0 fully saturated rings. The molecule has 2 aliphatic rings. The number of hydrogen-bond acceptors (Lipinski definition) is 8. The van der Waals surface area contributed by atoms with Gasteiger partial charge in [-0.2, -0.15) is 0 Å². The molecule has 8 heteroatoms. The Morgan fingerprint density at radius 3 is 1.90 bits per heavy atom. The standard InChI is InChI=1S/C34H28O8/c35-24-15-21(13-11-19-7-3-1-4-8-19)39-26-18-28-27(17-23(24)26)41-33-29-25(36)16-22(14-12-20-9-5-2-6-10-20)40-32(29)30(37)31(38)34(33)42-28/h1-10,15-18,30-31,33-34,37-38H,11-14H2/t30-,31-,33-,34-/m0/s1. The molecule has 3 aromatic carbocycles. The van der Waals surface area contributed by atoms with Gasteiger partial charge < -0.3 is 28.5 Å². The van der Waals surface area contributed by atoms with Crippen LogP contribution in [0.5, 0.6) is 11.5 Å². The fourth-order valence-electron chi connectivity index (χ4n) is 5.76. The number of rotatable bonds is 6. The molecule has 0 unspecified atom stereocenters. The summed E-state index contributed by atoms with van der Waals surface area (Å²) in [5.74, 6) is 1.38. The molecule has 0 bridgehead atoms. The zero-order valence-electron chi connectivity index (χ0n) is 22.6. The molecule has 0 saturated heterocycles. The van der Waals surface area contributed by atoms with Crippen molar-refractivity contribution in [1.82, 2.24) is 0 Å². The van der Waals surface area contributed by atoms with Crippen LogP contribution in [0.1, 0.15) is 46.2 Å². The third-order valence-corrected chi connectivity index (χ3v) is 7.94. The minimum atomic E-state index is -1.49. The highest BCUT2D eigenvalue weighted by atomic mass is 16.6. The Labute approximate surface area is 240 Å². The number of aliphatic hydroxyl groups excluding tert-OH is 2. The number of fused-ring (bicyclic) bond motifs is 5. The molecule has 2 N–H and O–H groups in total. The van der Waals surface area contributed by atoms with Crippen molar-refractivity contribution in [2.24, 2.45) is 0 Å². The molecule has 0 radical (unpaired) electrons. The summed E-state index contributed by atoms with van der Waals surface area (Å²) in [5, 5.41) is 22.3. The van der Waals surface area contributed by atoms with Gasteiger partial charge in [0.15, 0.2) is 34.6 Å². The zero-order valence-corrected chi connectivity index (χ0v) is 22.6. The molecule has 4 atom stereocenters. The Morgan fingerprint density at radius 2 is 1.24 bits per heavy atom. The van der Waals surface area contributed by atoms with Gasteiger partial charge in [0.1, 0.15) is 35.1 Å². The van der Waals surface area contributed by atoms with Gasteiger partial charge in [0.25, 0.3) is 0 Å². The summed E-state index contributed by atoms with van der Waals surface area (Å²) in [6.45, 7) is 0. The summed E-state index contributed by atoms with van der Waals surface area (Å²) in [6.07, 6.45) is -2.70. The Kier molecular flexibility index (Phi) is 6.64. The van der Waals surface area contributed by atoms with Gasteiger partial charge >= 0.3 is 0 Å². The van der Waals surface area contributed by atoms with E-state index in [2.05, 4.69) is 0 Å². The van der Waals surface area contributed by atoms with Crippen LogP contribution in [0.2, 0.25) is 0 Å². The average molecular weight is 565 g/mol. The zero-order chi connectivity index (χ0) is 28.8. The molecule has 8 nitrogen and oxygen atoms in total. The van der Waals surface area contributed by atoms with Crippen LogP contribution < -0.4 is 20.3 Å². The van der Waals surface area contributed by atoms with Crippen molar-refractivity contribution in [3.63, 3.8) is 0 Å². The molecule has 42 heavy (non-hydrogen) atoms. The van der Waals surface area contributed by atoms with Crippen LogP contribution in [-0.2, 0) is 25.7 Å². The Morgan fingerprint density at radius 1 is 0.643 bits per heavy atom. The summed E-state index contributed by atoms with van der Waals surface area (Å²) >= 11 is 0. The molecule has 5 aromatic rings. The van der Waals surface area contributed by atoms with Gasteiger partial charge in [-0.15, -0.1) is 0 Å². The predicted octanol–water partition coefficient (Wildman–Crippen LogP) is 4.61. The van der Waals surface area contributed by atoms with Crippen molar-refractivity contribution in [2.45, 2.75) is 50.1 Å². The molecule has 212 valence electrons. The molecule has 0 spiro atoms. The number of ether oxygens (including phenoxy) is 2. The SMILES string of the molecule is O=c1cc(CCc2ccccc2)oc2c1[C@@H]1Oc3cc4c(=O)cc(CCc5ccccc5)oc4cc3O[C@H]1[C@@H](O)[C@@H]2O. The van der Waals surface area contributed by atoms with Gasteiger partial charge in [-0.1, -0.05) is 60.7 Å². The normalized spacial score (nSPS) is 20.6. The van der Waals surface area contributed by atoms with Gasteiger partial charge in [0, 0.05) is 31.0 Å². The van der Waals surface area contributed by atoms with E-state index in [1.165, 1.54) is 18.2 Å². The largest absolute Gasteiger partial charge is 0.479 e. The van der Waals surface area contributed by atoms with Crippen molar-refractivity contribution < 1.29 is 28.5 Å². The molecule has 2 aromatic heterocycles. The molecular formula is C34H28O8. The van der Waals surface area contributed by atoms with Crippen LogP contribution >= 0.6 is 0 Å². The first-order valence-electron chi connectivity index (χ1n) is 14.0. The summed E-state index contributed by atoms with van der Waals surface area (Å²) in [7, 11) is 0. The predicted molar refractivity (Wildman–Crippen MR) is 154 cm³/mol. The first-order chi connectivity index (χ1) is 20.4. The van der Waals surface area contributed by atoms with Crippen molar-refractivity contribution in [3.05, 3.63) is 139 Å². The maximum absolute atomic E-state index is 13.3. The van der Waals surface area contributed by atoms with Gasteiger partial charge in [0.05, 0.1) is 10.9 Å². The molecule has 0 saturated carbocycles. The number of benzene rings is 3. The van der Waals surface area contributed by atoms with Crippen LogP contribution in [0.4, 0.5) is 0 Å². The topological polar surface area (TPSA) is 119 Å². The Hall–Kier alpha value is -4.66. The van der Waals surface area contributed by atoms with Gasteiger partial charge in [-0.25, -0.2) is 0 Å². The lowest BCUT2D eigenvalue weighted by Gasteiger charge is -2.41. The third-order valence-electron chi connectivity index (χ3n) is 7.94. The summed E-state index contributed by atoms with van der Waals surface area (Å²) < 4.78 is 24.3. The number of hydrogen-bond donors (Lipinski definition) is 2. The first kappa shape index (κ1) is 26.3. The maximum Gasteiger partial charge on any atom is 0.193 e. The van der Waals surface area contributed by atoms with E-state index in [-0.39, 0.29) is 33.7 Å². The molecule has 3 heterocycles. The molecule has 1 aliphatic heterocycles. The second-order valence-electron chi connectivity index (χ2n) is 10.8. The fraction of sp³-hybridized carbons (Fsp3) is 0.235. The lowest BCUT2D eigenvalue weighted by molar-refractivity contribution is -0.123. The Bertz CT molecular complexity index is 1880. The molecule has 0 amide bonds. The van der Waals surface area contributed by atoms with Crippen LogP contribution in [0.3, 0.4) is 0 Å². The lowest BCUT2D eigenvalue weighted by atomic mass is 9.86. The van der Waals surface area contributed by atoms with E-state index in [1.54, 1.807) is 6.07 Å². The highest BCUT2D eigenvalue weighted by molar-refractivity contribution is 5.81. The van der Waals surface area contributed by atoms with E-state index in [9.17, 15) is 19.8 Å². The van der Waals surface area contributed by atoms with E-state index < -0.39 is 24.4 Å². The van der Waals surface area contributed by atoms with Gasteiger partial charge in [-0.3, -0.25) is 9.59 Å². The molecule has 1 aliphatic carbocycles. The molecular weight excluding hydrogens is 536 g/mol. The number of aliphatic hydroxyl groups is 2. The maximum atomic E-state index is 13.3. The monoisotopic (exact) mass is 564 g/mol. The van der Waals surface area contributed by atoms with Crippen LogP contribution in [0.15, 0.2) is 103 Å². The van der Waals surface area contributed by atoms with Crippen LogP contribution in [0.25, 0.3) is 11.0 Å². The second kappa shape index (κ2) is 10.6. The molecule has 7 rings (SSSR count). The number of aryl methyl sites for hydroxylation is 4. The summed E-state index contributed by atoms with van der Waals surface area (Å²) in [5.41, 5.74) is 2.02. The van der Waals surface area contributed by atoms with Gasteiger partial charge in [0.2, 0.25) is 0 Å². The first-order valence-corrected chi connectivity index (χ1v) is 14.0. The fourth-order valence-corrected chi connectivity index (χ4v) is 5.76. The smallest absolute Gasteiger partial charge is 0.193 e. The van der Waals surface area contributed by atoms with E-state index >= 15 is 0 Å². The highest BCUT2D eigenvalue weighted by Gasteiger charge is 2.50. The van der Waals surface area contributed by atoms with Crippen LogP contribution in [-0.4, -0.2) is 22.4 Å². The van der Waals surface area contributed by atoms with E-state index in [1.807, 2.05) is 60.7 Å². The minimum Gasteiger partial charge on any atom is -0.479 e. The van der Waals surface area contributed by atoms with E-state index in [0.717, 1.165) is 11.1 Å². The van der Waals surface area contributed by atoms with E-state index in [4.69, 9.17) is 18.3 Å². The van der Waals surface area contributed by atoms with Crippen molar-refractivity contribution >= 4 is 11.0 Å². The van der Waals surface area contributed by atoms with Gasteiger partial charge in [-0.05, 0) is 30.0 Å². The average Bonchev–Trinajstić information content (AvgIpc) is 3.01. The quantitative estimate of drug-likeness (QED) is 0.307. The van der Waals surface area contributed by atoms with E-state index in [0.29, 0.717) is 48.2 Å². The van der Waals surface area contributed by atoms with Crippen molar-refractivity contribution in [1.29, 1.82) is 0 Å².